The van der Waals surface area contributed by atoms with E-state index in [1.807, 2.05) is 18.2 Å². The number of hydrogen-bond donors (Lipinski definition) is 0. The lowest BCUT2D eigenvalue weighted by Gasteiger charge is -2.15. The molecule has 0 aliphatic carbocycles. The van der Waals surface area contributed by atoms with Crippen LogP contribution in [0.2, 0.25) is 0 Å². The molecule has 0 saturated carbocycles. The number of fused-ring (bicyclic) bond motifs is 7. The summed E-state index contributed by atoms with van der Waals surface area (Å²) in [6.45, 7) is 0. The van der Waals surface area contributed by atoms with Crippen molar-refractivity contribution in [3.05, 3.63) is 218 Å². The van der Waals surface area contributed by atoms with Crippen LogP contribution >= 0.6 is 0 Å². The Morgan fingerprint density at radius 1 is 0.262 bits per heavy atom. The van der Waals surface area contributed by atoms with E-state index in [1.165, 1.54) is 49.0 Å². The number of rotatable bonds is 6. The van der Waals surface area contributed by atoms with Gasteiger partial charge < -0.3 is 4.42 Å². The van der Waals surface area contributed by atoms with Gasteiger partial charge in [-0.1, -0.05) is 188 Å². The molecule has 284 valence electrons. The van der Waals surface area contributed by atoms with Crippen LogP contribution in [0, 0.1) is 0 Å². The quantitative estimate of drug-likeness (QED) is 0.125. The van der Waals surface area contributed by atoms with E-state index < -0.39 is 0 Å². The number of benzene rings is 10. The van der Waals surface area contributed by atoms with Crippen LogP contribution in [0.1, 0.15) is 0 Å². The van der Waals surface area contributed by atoms with Crippen LogP contribution in [0.15, 0.2) is 223 Å². The first kappa shape index (κ1) is 34.9. The van der Waals surface area contributed by atoms with Gasteiger partial charge in [-0.3, -0.25) is 0 Å². The van der Waals surface area contributed by atoms with Gasteiger partial charge in [-0.25, -0.2) is 9.97 Å². The Kier molecular flexibility index (Phi) is 8.17. The Morgan fingerprint density at radius 2 is 0.787 bits per heavy atom. The van der Waals surface area contributed by atoms with Gasteiger partial charge in [0.25, 0.3) is 0 Å². The van der Waals surface area contributed by atoms with Crippen molar-refractivity contribution in [1.82, 2.24) is 9.97 Å². The molecule has 2 aromatic heterocycles. The summed E-state index contributed by atoms with van der Waals surface area (Å²) in [7, 11) is 0. The van der Waals surface area contributed by atoms with Gasteiger partial charge in [-0.15, -0.1) is 0 Å². The molecule has 0 aliphatic heterocycles. The van der Waals surface area contributed by atoms with Crippen molar-refractivity contribution in [3.63, 3.8) is 0 Å². The summed E-state index contributed by atoms with van der Waals surface area (Å²) in [6.07, 6.45) is 0. The molecule has 0 aliphatic rings. The summed E-state index contributed by atoms with van der Waals surface area (Å²) in [5, 5.41) is 9.72. The molecular weight excluding hydrogens is 741 g/mol. The molecule has 0 spiro atoms. The monoisotopic (exact) mass is 776 g/mol. The van der Waals surface area contributed by atoms with E-state index >= 15 is 0 Å². The third-order valence-corrected chi connectivity index (χ3v) is 12.1. The van der Waals surface area contributed by atoms with Gasteiger partial charge in [0.2, 0.25) is 0 Å². The van der Waals surface area contributed by atoms with Gasteiger partial charge in [-0.2, -0.15) is 0 Å². The summed E-state index contributed by atoms with van der Waals surface area (Å²) in [6, 6.07) is 77.6. The molecule has 0 bridgehead atoms. The van der Waals surface area contributed by atoms with Crippen LogP contribution in [-0.4, -0.2) is 9.97 Å². The van der Waals surface area contributed by atoms with Gasteiger partial charge in [0.1, 0.15) is 11.2 Å². The van der Waals surface area contributed by atoms with Crippen molar-refractivity contribution in [3.8, 4) is 67.3 Å². The largest absolute Gasteiger partial charge is 0.456 e. The van der Waals surface area contributed by atoms with Gasteiger partial charge in [-0.05, 0) is 96.0 Å². The maximum atomic E-state index is 6.11. The molecule has 0 atom stereocenters. The SMILES string of the molecule is c1ccc(-c2ccc(-c3cc(-c4ccc(-c5ccc6oc7ccccc7c6c5)cc4)nc(-c4ccc(-c5c6ccccc6cc6c5ccc5ccccc56)cc4)n3)cc2)cc1. The van der Waals surface area contributed by atoms with Crippen LogP contribution < -0.4 is 0 Å². The predicted octanol–water partition coefficient (Wildman–Crippen LogP) is 15.8. The van der Waals surface area contributed by atoms with Crippen molar-refractivity contribution >= 4 is 54.3 Å². The maximum absolute atomic E-state index is 6.11. The number of para-hydroxylation sites is 1. The van der Waals surface area contributed by atoms with Crippen LogP contribution in [0.25, 0.3) is 122 Å². The van der Waals surface area contributed by atoms with E-state index in [1.54, 1.807) is 0 Å². The second-order valence-electron chi connectivity index (χ2n) is 15.7. The van der Waals surface area contributed by atoms with Gasteiger partial charge in [0, 0.05) is 27.5 Å². The number of hydrogen-bond acceptors (Lipinski definition) is 3. The van der Waals surface area contributed by atoms with Crippen LogP contribution in [-0.2, 0) is 0 Å². The second kappa shape index (κ2) is 14.3. The highest BCUT2D eigenvalue weighted by atomic mass is 16.3. The summed E-state index contributed by atoms with van der Waals surface area (Å²) in [4.78, 5) is 10.5. The fourth-order valence-electron chi connectivity index (χ4n) is 8.99. The Hall–Kier alpha value is -8.14. The highest BCUT2D eigenvalue weighted by Crippen LogP contribution is 2.40. The number of nitrogens with zero attached hydrogens (tertiary/aromatic N) is 2. The average Bonchev–Trinajstić information content (AvgIpc) is 3.72. The van der Waals surface area contributed by atoms with E-state index in [9.17, 15) is 0 Å². The Bertz CT molecular complexity index is 3610. The van der Waals surface area contributed by atoms with Crippen molar-refractivity contribution in [2.45, 2.75) is 0 Å². The first-order chi connectivity index (χ1) is 30.2. The van der Waals surface area contributed by atoms with Crippen molar-refractivity contribution in [1.29, 1.82) is 0 Å². The average molecular weight is 777 g/mol. The summed E-state index contributed by atoms with van der Waals surface area (Å²) in [5.74, 6) is 0.682. The molecular formula is C58H36N2O. The molecule has 12 rings (SSSR count). The third-order valence-electron chi connectivity index (χ3n) is 12.1. The minimum absolute atomic E-state index is 0.682. The zero-order valence-corrected chi connectivity index (χ0v) is 33.1. The Morgan fingerprint density at radius 3 is 1.52 bits per heavy atom. The molecule has 0 fully saturated rings. The van der Waals surface area contributed by atoms with E-state index in [4.69, 9.17) is 14.4 Å². The first-order valence-corrected chi connectivity index (χ1v) is 20.7. The molecule has 10 aromatic carbocycles. The molecule has 61 heavy (non-hydrogen) atoms. The molecule has 2 heterocycles. The van der Waals surface area contributed by atoms with Gasteiger partial charge >= 0.3 is 0 Å². The molecule has 0 unspecified atom stereocenters. The molecule has 0 radical (unpaired) electrons. The normalized spacial score (nSPS) is 11.6. The van der Waals surface area contributed by atoms with Gasteiger partial charge in [0.15, 0.2) is 5.82 Å². The fourth-order valence-corrected chi connectivity index (χ4v) is 8.99. The smallest absolute Gasteiger partial charge is 0.160 e. The summed E-state index contributed by atoms with van der Waals surface area (Å²) in [5.41, 5.74) is 13.6. The molecule has 3 heteroatoms. The minimum Gasteiger partial charge on any atom is -0.456 e. The number of aromatic nitrogens is 2. The lowest BCUT2D eigenvalue weighted by Crippen LogP contribution is -1.96. The van der Waals surface area contributed by atoms with Crippen LogP contribution in [0.3, 0.4) is 0 Å². The topological polar surface area (TPSA) is 38.9 Å². The van der Waals surface area contributed by atoms with E-state index in [-0.39, 0.29) is 0 Å². The van der Waals surface area contributed by atoms with E-state index in [0.717, 1.165) is 66.7 Å². The molecule has 0 saturated heterocycles. The number of furan rings is 1. The molecule has 0 N–H and O–H groups in total. The highest BCUT2D eigenvalue weighted by Gasteiger charge is 2.16. The molecule has 0 amide bonds. The predicted molar refractivity (Wildman–Crippen MR) is 254 cm³/mol. The third kappa shape index (κ3) is 6.14. The van der Waals surface area contributed by atoms with Crippen molar-refractivity contribution < 1.29 is 4.42 Å². The lowest BCUT2D eigenvalue weighted by molar-refractivity contribution is 0.669. The van der Waals surface area contributed by atoms with Crippen LogP contribution in [0.4, 0.5) is 0 Å². The Balaban J connectivity index is 0.956. The molecule has 3 nitrogen and oxygen atoms in total. The summed E-state index contributed by atoms with van der Waals surface area (Å²) >= 11 is 0. The van der Waals surface area contributed by atoms with Crippen LogP contribution in [0.5, 0.6) is 0 Å². The Labute approximate surface area is 352 Å². The molecule has 12 aromatic rings. The fraction of sp³-hybridized carbons (Fsp3) is 0. The minimum atomic E-state index is 0.682. The second-order valence-corrected chi connectivity index (χ2v) is 15.7. The van der Waals surface area contributed by atoms with Crippen molar-refractivity contribution in [2.24, 2.45) is 0 Å². The highest BCUT2D eigenvalue weighted by molar-refractivity contribution is 6.20. The van der Waals surface area contributed by atoms with E-state index in [0.29, 0.717) is 5.82 Å². The zero-order chi connectivity index (χ0) is 40.3. The summed E-state index contributed by atoms with van der Waals surface area (Å²) < 4.78 is 6.11. The standard InChI is InChI=1S/C58H36N2O/c1-2-10-37(11-3-1)38-18-22-41(23-19-38)53-36-54(42-24-20-39(21-25-42)45-31-33-56-52(34-45)49-16-8-9-17-55(49)61-56)60-58(59-53)44-28-26-43(27-29-44)57-48-15-7-5-13-46(48)35-51-47-14-6-4-12-40(47)30-32-50(51)57/h1-36H. The lowest BCUT2D eigenvalue weighted by atomic mass is 9.89. The first-order valence-electron chi connectivity index (χ1n) is 20.7. The zero-order valence-electron chi connectivity index (χ0n) is 33.1. The van der Waals surface area contributed by atoms with E-state index in [2.05, 4.69) is 200 Å². The van der Waals surface area contributed by atoms with Gasteiger partial charge in [0.05, 0.1) is 11.4 Å². The maximum Gasteiger partial charge on any atom is 0.160 e. The van der Waals surface area contributed by atoms with Crippen molar-refractivity contribution in [2.75, 3.05) is 0 Å².